The van der Waals surface area contributed by atoms with Crippen LogP contribution in [0.1, 0.15) is 65.0 Å². The Labute approximate surface area is 229 Å². The van der Waals surface area contributed by atoms with Crippen molar-refractivity contribution in [3.8, 4) is 0 Å². The Bertz CT molecular complexity index is 1110. The van der Waals surface area contributed by atoms with Gasteiger partial charge in [-0.1, -0.05) is 19.9 Å². The summed E-state index contributed by atoms with van der Waals surface area (Å²) in [6.45, 7) is 11.5. The first-order valence-electron chi connectivity index (χ1n) is 13.7. The third-order valence-electron chi connectivity index (χ3n) is 7.34. The highest BCUT2D eigenvalue weighted by Crippen LogP contribution is 2.30. The van der Waals surface area contributed by atoms with E-state index >= 15 is 0 Å². The summed E-state index contributed by atoms with van der Waals surface area (Å²) in [5.74, 6) is -2.07. The number of fused-ring (bicyclic) bond motifs is 1. The molecule has 3 amide bonds. The number of carbonyl (C=O) groups excluding carboxylic acids is 3. The largest absolute Gasteiger partial charge is 0.480 e. The molecule has 0 radical (unpaired) electrons. The maximum absolute atomic E-state index is 13.4. The van der Waals surface area contributed by atoms with Crippen LogP contribution in [-0.2, 0) is 32.2 Å². The van der Waals surface area contributed by atoms with Crippen LogP contribution in [0.4, 0.5) is 15.3 Å². The average Bonchev–Trinajstić information content (AvgIpc) is 3.59. The number of alkyl carbamates (subject to hydrolysis) is 1. The molecule has 3 aliphatic heterocycles. The monoisotopic (exact) mass is 544 g/mol. The molecule has 214 valence electrons. The smallest absolute Gasteiger partial charge is 0.410 e. The lowest BCUT2D eigenvalue weighted by Gasteiger charge is -2.30. The number of nitrogens with zero attached hydrogens (tertiary/aromatic N) is 3. The van der Waals surface area contributed by atoms with Crippen molar-refractivity contribution in [3.05, 3.63) is 29.3 Å². The highest BCUT2D eigenvalue weighted by molar-refractivity contribution is 5.90. The maximum Gasteiger partial charge on any atom is 0.410 e. The molecule has 2 saturated heterocycles. The predicted octanol–water partition coefficient (Wildman–Crippen LogP) is 3.34. The molecule has 11 nitrogen and oxygen atoms in total. The second-order valence-corrected chi connectivity index (χ2v) is 12.0. The number of carboxylic acids is 1. The molecule has 39 heavy (non-hydrogen) atoms. The van der Waals surface area contributed by atoms with Crippen LogP contribution >= 0.6 is 0 Å². The number of rotatable bonds is 6. The Balaban J connectivity index is 1.38. The van der Waals surface area contributed by atoms with Crippen molar-refractivity contribution in [3.63, 3.8) is 0 Å². The lowest BCUT2D eigenvalue weighted by molar-refractivity contribution is -0.149. The standard InChI is InChI=1S/C28H40N4O7/c1-17(2)23(29-26(36)39-28(3,4)5)24(33)32-16-21(13-22(32)25(34)35)38-27(37)31-14-18-8-9-20(12-19(18)15-31)30-10-6-7-11-30/h8-9,12,17,21-23H,6-7,10-11,13-16H2,1-5H3,(H,29,36)(H,34,35)/t21-,22+,23+/m1/s1. The highest BCUT2D eigenvalue weighted by Gasteiger charge is 2.45. The molecule has 3 aliphatic rings. The van der Waals surface area contributed by atoms with Crippen molar-refractivity contribution < 1.29 is 33.8 Å². The molecule has 0 bridgehead atoms. The van der Waals surface area contributed by atoms with Crippen LogP contribution in [0.5, 0.6) is 0 Å². The summed E-state index contributed by atoms with van der Waals surface area (Å²) < 4.78 is 11.0. The van der Waals surface area contributed by atoms with Gasteiger partial charge in [-0.3, -0.25) is 9.69 Å². The molecule has 3 atom stereocenters. The second kappa shape index (κ2) is 11.3. The van der Waals surface area contributed by atoms with Gasteiger partial charge in [0.05, 0.1) is 6.54 Å². The topological polar surface area (TPSA) is 129 Å². The number of aliphatic carboxylic acids is 1. The summed E-state index contributed by atoms with van der Waals surface area (Å²) >= 11 is 0. The minimum atomic E-state index is -1.19. The highest BCUT2D eigenvalue weighted by atomic mass is 16.6. The third kappa shape index (κ3) is 6.75. The minimum absolute atomic E-state index is 0.0238. The van der Waals surface area contributed by atoms with E-state index in [4.69, 9.17) is 9.47 Å². The van der Waals surface area contributed by atoms with E-state index in [0.717, 1.165) is 29.9 Å². The molecule has 0 aliphatic carbocycles. The van der Waals surface area contributed by atoms with Gasteiger partial charge in [0.2, 0.25) is 5.91 Å². The van der Waals surface area contributed by atoms with Crippen molar-refractivity contribution in [1.82, 2.24) is 15.1 Å². The SMILES string of the molecule is CC(C)[C@H](NC(=O)OC(C)(C)C)C(=O)N1C[C@H](OC(=O)N2Cc3ccc(N4CCCC4)cc3C2)C[C@H]1C(=O)O. The van der Waals surface area contributed by atoms with Gasteiger partial charge in [0, 0.05) is 38.3 Å². The predicted molar refractivity (Wildman–Crippen MR) is 143 cm³/mol. The van der Waals surface area contributed by atoms with Crippen molar-refractivity contribution in [2.45, 2.75) is 90.8 Å². The van der Waals surface area contributed by atoms with E-state index in [1.165, 1.54) is 17.7 Å². The lowest BCUT2D eigenvalue weighted by Crippen LogP contribution is -2.54. The summed E-state index contributed by atoms with van der Waals surface area (Å²) in [4.78, 5) is 56.0. The Morgan fingerprint density at radius 2 is 1.72 bits per heavy atom. The quantitative estimate of drug-likeness (QED) is 0.558. The molecule has 3 heterocycles. The number of amides is 3. The van der Waals surface area contributed by atoms with Gasteiger partial charge < -0.3 is 29.7 Å². The van der Waals surface area contributed by atoms with Crippen LogP contribution in [0.15, 0.2) is 18.2 Å². The average molecular weight is 545 g/mol. The molecule has 11 heteroatoms. The Morgan fingerprint density at radius 1 is 1.05 bits per heavy atom. The number of likely N-dealkylation sites (tertiary alicyclic amines) is 1. The molecule has 1 aromatic rings. The molecular weight excluding hydrogens is 504 g/mol. The molecule has 4 rings (SSSR count). The molecule has 2 fully saturated rings. The number of nitrogens with one attached hydrogen (secondary N) is 1. The fraction of sp³-hybridized carbons (Fsp3) is 0.643. The fourth-order valence-corrected chi connectivity index (χ4v) is 5.39. The number of anilines is 1. The summed E-state index contributed by atoms with van der Waals surface area (Å²) in [7, 11) is 0. The zero-order valence-corrected chi connectivity index (χ0v) is 23.4. The molecule has 1 aromatic carbocycles. The van der Waals surface area contributed by atoms with Gasteiger partial charge in [-0.15, -0.1) is 0 Å². The van der Waals surface area contributed by atoms with E-state index in [-0.39, 0.29) is 18.9 Å². The van der Waals surface area contributed by atoms with E-state index in [0.29, 0.717) is 13.1 Å². The van der Waals surface area contributed by atoms with Crippen LogP contribution in [0, 0.1) is 5.92 Å². The van der Waals surface area contributed by atoms with Gasteiger partial charge in [-0.2, -0.15) is 0 Å². The fourth-order valence-electron chi connectivity index (χ4n) is 5.39. The van der Waals surface area contributed by atoms with Crippen LogP contribution in [0.25, 0.3) is 0 Å². The number of carboxylic acid groups (broad SMARTS) is 1. The van der Waals surface area contributed by atoms with E-state index in [9.17, 15) is 24.3 Å². The normalized spacial score (nSPS) is 21.6. The second-order valence-electron chi connectivity index (χ2n) is 12.0. The van der Waals surface area contributed by atoms with Crippen molar-refractivity contribution in [2.24, 2.45) is 5.92 Å². The zero-order valence-electron chi connectivity index (χ0n) is 23.4. The Morgan fingerprint density at radius 3 is 2.33 bits per heavy atom. The van der Waals surface area contributed by atoms with Gasteiger partial charge >= 0.3 is 18.2 Å². The Kier molecular flexibility index (Phi) is 8.27. The number of hydrogen-bond donors (Lipinski definition) is 2. The van der Waals surface area contributed by atoms with Gasteiger partial charge in [0.25, 0.3) is 0 Å². The van der Waals surface area contributed by atoms with Crippen molar-refractivity contribution in [2.75, 3.05) is 24.5 Å². The van der Waals surface area contributed by atoms with Gasteiger partial charge in [0.1, 0.15) is 23.8 Å². The van der Waals surface area contributed by atoms with E-state index < -0.39 is 47.9 Å². The molecule has 0 spiro atoms. The lowest BCUT2D eigenvalue weighted by atomic mass is 10.0. The van der Waals surface area contributed by atoms with Crippen molar-refractivity contribution >= 4 is 29.8 Å². The maximum atomic E-state index is 13.4. The zero-order chi connectivity index (χ0) is 28.5. The summed E-state index contributed by atoms with van der Waals surface area (Å²) in [6, 6.07) is 4.11. The Hall–Kier alpha value is -3.50. The number of benzene rings is 1. The van der Waals surface area contributed by atoms with Crippen LogP contribution in [0.3, 0.4) is 0 Å². The summed E-state index contributed by atoms with van der Waals surface area (Å²) in [6.07, 6.45) is 0.269. The first kappa shape index (κ1) is 28.5. The van der Waals surface area contributed by atoms with Crippen molar-refractivity contribution in [1.29, 1.82) is 0 Å². The molecule has 0 aromatic heterocycles. The number of carbonyl (C=O) groups is 4. The van der Waals surface area contributed by atoms with E-state index in [1.54, 1.807) is 39.5 Å². The number of hydrogen-bond acceptors (Lipinski definition) is 7. The molecular formula is C28H40N4O7. The van der Waals surface area contributed by atoms with Gasteiger partial charge in [0.15, 0.2) is 0 Å². The molecule has 0 saturated carbocycles. The van der Waals surface area contributed by atoms with Crippen LogP contribution in [0.2, 0.25) is 0 Å². The van der Waals surface area contributed by atoms with Gasteiger partial charge in [-0.05, 0) is 62.8 Å². The summed E-state index contributed by atoms with van der Waals surface area (Å²) in [5, 5.41) is 12.4. The first-order valence-corrected chi connectivity index (χ1v) is 13.7. The van der Waals surface area contributed by atoms with E-state index in [2.05, 4.69) is 28.4 Å². The molecule has 2 N–H and O–H groups in total. The minimum Gasteiger partial charge on any atom is -0.480 e. The van der Waals surface area contributed by atoms with Crippen LogP contribution < -0.4 is 10.2 Å². The van der Waals surface area contributed by atoms with Gasteiger partial charge in [-0.25, -0.2) is 14.4 Å². The number of ether oxygens (including phenoxy) is 2. The summed E-state index contributed by atoms with van der Waals surface area (Å²) in [5.41, 5.74) is 2.55. The first-order chi connectivity index (χ1) is 18.3. The molecule has 0 unspecified atom stereocenters. The van der Waals surface area contributed by atoms with E-state index in [1.807, 2.05) is 0 Å². The third-order valence-corrected chi connectivity index (χ3v) is 7.34. The van der Waals surface area contributed by atoms with Crippen LogP contribution in [-0.4, -0.2) is 82.4 Å².